The van der Waals surface area contributed by atoms with E-state index >= 15 is 4.79 Å². The zero-order valence-corrected chi connectivity index (χ0v) is 35.6. The summed E-state index contributed by atoms with van der Waals surface area (Å²) in [4.78, 5) is 68.5. The second kappa shape index (κ2) is 16.9. The molecule has 1 aliphatic heterocycles. The fourth-order valence-corrected chi connectivity index (χ4v) is 9.58. The van der Waals surface area contributed by atoms with Gasteiger partial charge in [-0.2, -0.15) is 0 Å². The summed E-state index contributed by atoms with van der Waals surface area (Å²) < 4.78 is 36.7. The molecule has 1 aromatic rings. The van der Waals surface area contributed by atoms with Crippen LogP contribution in [0.2, 0.25) is 0 Å². The van der Waals surface area contributed by atoms with Crippen molar-refractivity contribution < 1.29 is 62.6 Å². The van der Waals surface area contributed by atoms with E-state index in [9.17, 15) is 29.4 Å². The van der Waals surface area contributed by atoms with Gasteiger partial charge >= 0.3 is 24.0 Å². The normalized spacial score (nSPS) is 32.4. The summed E-state index contributed by atoms with van der Waals surface area (Å²) in [7, 11) is 0. The highest BCUT2D eigenvalue weighted by molar-refractivity contribution is 5.95. The SMILES string of the molecule is CCC(=O)OC1C(=O)[C@@]2(C)C(C(OCc3ccccc3)C3C[C@H](OC(=O)[C@H](O)[C@H](C=C(C)C)NC(=O)OC(C)(C)C)C(C)=C1C3(C)C)[C@]1(OC(C)=O)CO[C@@H]1C[C@@H]2O. The number of rotatable bonds is 11. The quantitative estimate of drug-likeness (QED) is 0.153. The van der Waals surface area contributed by atoms with Crippen molar-refractivity contribution in [1.29, 1.82) is 0 Å². The zero-order chi connectivity index (χ0) is 43.1. The summed E-state index contributed by atoms with van der Waals surface area (Å²) in [5.74, 6) is -4.62. The van der Waals surface area contributed by atoms with E-state index in [2.05, 4.69) is 5.32 Å². The molecule has 320 valence electrons. The van der Waals surface area contributed by atoms with Gasteiger partial charge in [-0.1, -0.05) is 62.8 Å². The average Bonchev–Trinajstić information content (AvgIpc) is 3.12. The molecule has 14 heteroatoms. The molecule has 3 aliphatic carbocycles. The molecule has 0 radical (unpaired) electrons. The van der Waals surface area contributed by atoms with Crippen molar-refractivity contribution in [1.82, 2.24) is 5.32 Å². The number of amides is 1. The lowest BCUT2D eigenvalue weighted by atomic mass is 9.46. The largest absolute Gasteiger partial charge is 0.456 e. The van der Waals surface area contributed by atoms with Crippen LogP contribution >= 0.6 is 0 Å². The molecule has 0 spiro atoms. The third kappa shape index (κ3) is 8.62. The van der Waals surface area contributed by atoms with Crippen LogP contribution in [0.25, 0.3) is 0 Å². The molecule has 2 bridgehead atoms. The van der Waals surface area contributed by atoms with Gasteiger partial charge in [-0.15, -0.1) is 0 Å². The number of carbonyl (C=O) groups excluding carboxylic acids is 5. The number of ketones is 1. The van der Waals surface area contributed by atoms with Crippen molar-refractivity contribution in [2.75, 3.05) is 6.61 Å². The number of Topliss-reactive ketones (excluding diaryl/α,β-unsaturated/α-hetero) is 1. The summed E-state index contributed by atoms with van der Waals surface area (Å²) in [6.45, 7) is 18.6. The first-order valence-electron chi connectivity index (χ1n) is 20.1. The summed E-state index contributed by atoms with van der Waals surface area (Å²) >= 11 is 0. The lowest BCUT2D eigenvalue weighted by Crippen LogP contribution is -2.79. The molecule has 11 atom stereocenters. The van der Waals surface area contributed by atoms with Crippen molar-refractivity contribution in [3.05, 3.63) is 58.7 Å². The van der Waals surface area contributed by atoms with Gasteiger partial charge in [-0.25, -0.2) is 9.59 Å². The highest BCUT2D eigenvalue weighted by Gasteiger charge is 2.75. The number of aliphatic hydroxyl groups is 2. The summed E-state index contributed by atoms with van der Waals surface area (Å²) in [5, 5.41) is 26.1. The molecule has 3 fully saturated rings. The van der Waals surface area contributed by atoms with Gasteiger partial charge in [0.25, 0.3) is 0 Å². The van der Waals surface area contributed by atoms with Crippen LogP contribution in [0.1, 0.15) is 101 Å². The smallest absolute Gasteiger partial charge is 0.408 e. The van der Waals surface area contributed by atoms with Crippen LogP contribution in [0.4, 0.5) is 4.79 Å². The van der Waals surface area contributed by atoms with Crippen LogP contribution in [0.5, 0.6) is 0 Å². The Balaban J connectivity index is 1.68. The number of aliphatic hydroxyl groups excluding tert-OH is 2. The predicted octanol–water partition coefficient (Wildman–Crippen LogP) is 5.06. The van der Waals surface area contributed by atoms with Crippen LogP contribution in [0.15, 0.2) is 53.1 Å². The number of nitrogens with one attached hydrogen (secondary N) is 1. The van der Waals surface area contributed by atoms with Crippen LogP contribution in [0.3, 0.4) is 0 Å². The van der Waals surface area contributed by atoms with Gasteiger partial charge in [0.05, 0.1) is 36.9 Å². The second-order valence-electron chi connectivity index (χ2n) is 18.2. The molecular formula is C44H61NO13. The standard InChI is InChI=1S/C44H61NO13/c1-12-32(48)56-36-33-24(4)29(55-39(51)34(49)28(18-23(2)3)45-40(52)58-41(6,7)8)19-27(42(33,9)10)35(53-21-26-16-14-13-15-17-26)37-43(11,38(36)50)30(47)20-31-44(37,22-54-31)57-25(5)46/h13-18,27-31,34-37,47,49H,12,19-22H2,1-11H3,(H,45,52)/t27?,28-,29-,30-,31+,34+,35?,36?,37?,43+,44-/m0/s1. The Labute approximate surface area is 341 Å². The van der Waals surface area contributed by atoms with Crippen molar-refractivity contribution in [3.8, 4) is 0 Å². The number of alkyl carbamates (subject to hydrolysis) is 1. The minimum atomic E-state index is -1.88. The van der Waals surface area contributed by atoms with E-state index in [1.165, 1.54) is 13.0 Å². The Morgan fingerprint density at radius 3 is 2.24 bits per heavy atom. The average molecular weight is 812 g/mol. The first kappa shape index (κ1) is 45.0. The third-order valence-corrected chi connectivity index (χ3v) is 12.3. The molecule has 58 heavy (non-hydrogen) atoms. The number of hydrogen-bond acceptors (Lipinski definition) is 13. The van der Waals surface area contributed by atoms with E-state index in [1.807, 2.05) is 44.2 Å². The summed E-state index contributed by atoms with van der Waals surface area (Å²) in [5.41, 5.74) is -2.62. The van der Waals surface area contributed by atoms with E-state index in [0.717, 1.165) is 5.56 Å². The monoisotopic (exact) mass is 811 g/mol. The van der Waals surface area contributed by atoms with E-state index < -0.39 is 106 Å². The lowest BCUT2D eigenvalue weighted by Gasteiger charge is -2.66. The second-order valence-corrected chi connectivity index (χ2v) is 18.2. The van der Waals surface area contributed by atoms with Crippen LogP contribution in [-0.2, 0) is 54.2 Å². The van der Waals surface area contributed by atoms with Crippen LogP contribution in [-0.4, -0.2) is 100 Å². The molecule has 4 unspecified atom stereocenters. The molecule has 3 N–H and O–H groups in total. The number of benzene rings is 1. The van der Waals surface area contributed by atoms with Gasteiger partial charge in [0.1, 0.15) is 17.8 Å². The molecule has 1 amide bonds. The van der Waals surface area contributed by atoms with E-state index in [4.69, 9.17) is 28.4 Å². The van der Waals surface area contributed by atoms with Crippen molar-refractivity contribution in [2.24, 2.45) is 22.7 Å². The Bertz CT molecular complexity index is 1810. The maximum Gasteiger partial charge on any atom is 0.408 e. The maximum absolute atomic E-state index is 15.5. The first-order chi connectivity index (χ1) is 27.0. The van der Waals surface area contributed by atoms with Crippen LogP contribution < -0.4 is 5.32 Å². The molecule has 0 aromatic heterocycles. The topological polar surface area (TPSA) is 193 Å². The third-order valence-electron chi connectivity index (χ3n) is 12.3. The number of allylic oxidation sites excluding steroid dienone is 1. The molecule has 14 nitrogen and oxygen atoms in total. The number of hydrogen-bond donors (Lipinski definition) is 3. The predicted molar refractivity (Wildman–Crippen MR) is 210 cm³/mol. The van der Waals surface area contributed by atoms with Gasteiger partial charge in [0.15, 0.2) is 23.6 Å². The molecule has 1 heterocycles. The molecule has 2 saturated carbocycles. The molecule has 1 saturated heterocycles. The summed E-state index contributed by atoms with van der Waals surface area (Å²) in [6, 6.07) is 8.17. The number of ether oxygens (including phenoxy) is 6. The Kier molecular flexibility index (Phi) is 13.1. The molecule has 1 aromatic carbocycles. The van der Waals surface area contributed by atoms with Gasteiger partial charge in [-0.3, -0.25) is 14.4 Å². The molecule has 5 rings (SSSR count). The highest BCUT2D eigenvalue weighted by atomic mass is 16.6. The van der Waals surface area contributed by atoms with Gasteiger partial charge in [0.2, 0.25) is 0 Å². The Hall–Kier alpha value is -4.11. The molecule has 4 aliphatic rings. The number of fused-ring (bicyclic) bond motifs is 5. The van der Waals surface area contributed by atoms with Crippen molar-refractivity contribution in [3.63, 3.8) is 0 Å². The minimum Gasteiger partial charge on any atom is -0.456 e. The number of carbonyl (C=O) groups is 5. The van der Waals surface area contributed by atoms with E-state index in [0.29, 0.717) is 16.7 Å². The van der Waals surface area contributed by atoms with Crippen LogP contribution in [0, 0.1) is 22.7 Å². The summed E-state index contributed by atoms with van der Waals surface area (Å²) in [6.07, 6.45) is -6.86. The maximum atomic E-state index is 15.5. The Morgan fingerprint density at radius 1 is 1.03 bits per heavy atom. The number of esters is 3. The van der Waals surface area contributed by atoms with Crippen molar-refractivity contribution >= 4 is 29.8 Å². The van der Waals surface area contributed by atoms with Gasteiger partial charge in [0, 0.05) is 25.7 Å². The fourth-order valence-electron chi connectivity index (χ4n) is 9.58. The highest BCUT2D eigenvalue weighted by Crippen LogP contribution is 2.63. The minimum absolute atomic E-state index is 0.0275. The van der Waals surface area contributed by atoms with Gasteiger partial charge < -0.3 is 44.0 Å². The van der Waals surface area contributed by atoms with E-state index in [1.54, 1.807) is 55.4 Å². The fraction of sp³-hybridized carbons (Fsp3) is 0.659. The van der Waals surface area contributed by atoms with Crippen molar-refractivity contribution in [2.45, 2.75) is 156 Å². The first-order valence-corrected chi connectivity index (χ1v) is 20.1. The van der Waals surface area contributed by atoms with E-state index in [-0.39, 0.29) is 32.5 Å². The Morgan fingerprint density at radius 2 is 1.69 bits per heavy atom. The van der Waals surface area contributed by atoms with Gasteiger partial charge in [-0.05, 0) is 82.9 Å². The lowest BCUT2D eigenvalue weighted by molar-refractivity contribution is -0.339. The zero-order valence-electron chi connectivity index (χ0n) is 35.6. The molecular weight excluding hydrogens is 750 g/mol.